The molecule has 1 aromatic carbocycles. The highest BCUT2D eigenvalue weighted by Crippen LogP contribution is 2.32. The topological polar surface area (TPSA) is 40.5 Å². The average Bonchev–Trinajstić information content (AvgIpc) is 2.98. The molecule has 0 aliphatic carbocycles. The molecule has 0 amide bonds. The van der Waals surface area contributed by atoms with E-state index in [1.165, 1.54) is 10.4 Å². The van der Waals surface area contributed by atoms with E-state index in [1.807, 2.05) is 6.07 Å². The van der Waals surface area contributed by atoms with E-state index in [0.29, 0.717) is 6.54 Å². The first kappa shape index (κ1) is 15.6. The number of hydrogen-bond acceptors (Lipinski definition) is 3. The molecule has 0 saturated heterocycles. The third-order valence-corrected chi connectivity index (χ3v) is 4.54. The summed E-state index contributed by atoms with van der Waals surface area (Å²) in [6, 6.07) is 12.7. The number of aryl methyl sites for hydroxylation is 1. The SMILES string of the molecule is CCC(c1cccs1)N(CCC(=O)O)c1ccc(C)cc1. The Hall–Kier alpha value is -1.81. The van der Waals surface area contributed by atoms with Crippen molar-refractivity contribution in [1.82, 2.24) is 0 Å². The molecule has 0 fully saturated rings. The smallest absolute Gasteiger partial charge is 0.305 e. The van der Waals surface area contributed by atoms with Gasteiger partial charge in [-0.2, -0.15) is 0 Å². The highest BCUT2D eigenvalue weighted by molar-refractivity contribution is 7.10. The van der Waals surface area contributed by atoms with Crippen LogP contribution < -0.4 is 4.90 Å². The monoisotopic (exact) mass is 303 g/mol. The maximum absolute atomic E-state index is 11.0. The van der Waals surface area contributed by atoms with E-state index in [4.69, 9.17) is 5.11 Å². The first-order chi connectivity index (χ1) is 10.1. The molecular weight excluding hydrogens is 282 g/mol. The number of carbonyl (C=O) groups is 1. The van der Waals surface area contributed by atoms with Crippen LogP contribution >= 0.6 is 11.3 Å². The molecule has 3 nitrogen and oxygen atoms in total. The zero-order valence-electron chi connectivity index (χ0n) is 12.5. The van der Waals surface area contributed by atoms with Crippen molar-refractivity contribution < 1.29 is 9.90 Å². The maximum Gasteiger partial charge on any atom is 0.305 e. The Morgan fingerprint density at radius 2 is 2.00 bits per heavy atom. The number of carboxylic acid groups (broad SMARTS) is 1. The summed E-state index contributed by atoms with van der Waals surface area (Å²) >= 11 is 1.73. The summed E-state index contributed by atoms with van der Waals surface area (Å²) in [6.07, 6.45) is 1.10. The molecule has 1 heterocycles. The van der Waals surface area contributed by atoms with Crippen molar-refractivity contribution in [3.05, 3.63) is 52.2 Å². The van der Waals surface area contributed by atoms with Crippen LogP contribution in [0.3, 0.4) is 0 Å². The quantitative estimate of drug-likeness (QED) is 0.819. The van der Waals surface area contributed by atoms with E-state index in [0.717, 1.165) is 12.1 Å². The molecule has 0 bridgehead atoms. The lowest BCUT2D eigenvalue weighted by Gasteiger charge is -2.32. The Bertz CT molecular complexity index is 563. The molecule has 0 saturated carbocycles. The molecule has 1 atom stereocenters. The molecule has 2 aromatic rings. The predicted octanol–water partition coefficient (Wildman–Crippen LogP) is 4.49. The fourth-order valence-corrected chi connectivity index (χ4v) is 3.40. The molecule has 1 N–H and O–H groups in total. The zero-order chi connectivity index (χ0) is 15.2. The molecule has 112 valence electrons. The molecule has 4 heteroatoms. The summed E-state index contributed by atoms with van der Waals surface area (Å²) in [5.74, 6) is -0.756. The second-order valence-corrected chi connectivity index (χ2v) is 6.09. The van der Waals surface area contributed by atoms with Crippen LogP contribution in [0.5, 0.6) is 0 Å². The summed E-state index contributed by atoms with van der Waals surface area (Å²) in [7, 11) is 0. The second kappa shape index (κ2) is 7.27. The molecule has 21 heavy (non-hydrogen) atoms. The van der Waals surface area contributed by atoms with Crippen molar-refractivity contribution in [3.63, 3.8) is 0 Å². The number of nitrogens with zero attached hydrogens (tertiary/aromatic N) is 1. The zero-order valence-corrected chi connectivity index (χ0v) is 13.3. The highest BCUT2D eigenvalue weighted by Gasteiger charge is 2.20. The lowest BCUT2D eigenvalue weighted by Crippen LogP contribution is -2.30. The van der Waals surface area contributed by atoms with E-state index in [-0.39, 0.29) is 12.5 Å². The Labute approximate surface area is 129 Å². The number of anilines is 1. The molecule has 1 aromatic heterocycles. The van der Waals surface area contributed by atoms with Crippen LogP contribution in [0, 0.1) is 6.92 Å². The summed E-state index contributed by atoms with van der Waals surface area (Å²) in [4.78, 5) is 14.5. The predicted molar refractivity (Wildman–Crippen MR) is 88.1 cm³/mol. The first-order valence-corrected chi connectivity index (χ1v) is 8.08. The number of thiophene rings is 1. The minimum absolute atomic E-state index is 0.149. The van der Waals surface area contributed by atoms with Gasteiger partial charge in [0.15, 0.2) is 0 Å². The summed E-state index contributed by atoms with van der Waals surface area (Å²) in [5.41, 5.74) is 2.29. The van der Waals surface area contributed by atoms with Crippen LogP contribution in [-0.2, 0) is 4.79 Å². The van der Waals surface area contributed by atoms with Crippen molar-refractivity contribution in [2.75, 3.05) is 11.4 Å². The summed E-state index contributed by atoms with van der Waals surface area (Å²) < 4.78 is 0. The lowest BCUT2D eigenvalue weighted by molar-refractivity contribution is -0.136. The molecule has 2 rings (SSSR count). The Balaban J connectivity index is 2.29. The van der Waals surface area contributed by atoms with Crippen LogP contribution in [0.4, 0.5) is 5.69 Å². The third-order valence-electron chi connectivity index (χ3n) is 3.57. The van der Waals surface area contributed by atoms with Crippen molar-refractivity contribution in [2.24, 2.45) is 0 Å². The molecule has 0 spiro atoms. The number of hydrogen-bond donors (Lipinski definition) is 1. The maximum atomic E-state index is 11.0. The van der Waals surface area contributed by atoms with Gasteiger partial charge >= 0.3 is 5.97 Å². The van der Waals surface area contributed by atoms with Crippen molar-refractivity contribution in [3.8, 4) is 0 Å². The number of carboxylic acids is 1. The van der Waals surface area contributed by atoms with Crippen molar-refractivity contribution >= 4 is 23.0 Å². The molecule has 1 unspecified atom stereocenters. The minimum Gasteiger partial charge on any atom is -0.481 e. The molecule has 0 aliphatic heterocycles. The number of aliphatic carboxylic acids is 1. The van der Waals surface area contributed by atoms with Gasteiger partial charge in [-0.05, 0) is 36.9 Å². The summed E-state index contributed by atoms with van der Waals surface area (Å²) in [5, 5.41) is 11.1. The summed E-state index contributed by atoms with van der Waals surface area (Å²) in [6.45, 7) is 4.73. The van der Waals surface area contributed by atoms with Crippen LogP contribution in [0.2, 0.25) is 0 Å². The first-order valence-electron chi connectivity index (χ1n) is 7.20. The molecule has 0 aliphatic rings. The second-order valence-electron chi connectivity index (χ2n) is 5.11. The van der Waals surface area contributed by atoms with Gasteiger partial charge in [0.2, 0.25) is 0 Å². The van der Waals surface area contributed by atoms with Crippen LogP contribution in [-0.4, -0.2) is 17.6 Å². The minimum atomic E-state index is -0.756. The fourth-order valence-electron chi connectivity index (χ4n) is 2.47. The Morgan fingerprint density at radius 1 is 1.29 bits per heavy atom. The highest BCUT2D eigenvalue weighted by atomic mass is 32.1. The van der Waals surface area contributed by atoms with E-state index in [9.17, 15) is 4.79 Å². The van der Waals surface area contributed by atoms with Gasteiger partial charge in [0.25, 0.3) is 0 Å². The largest absolute Gasteiger partial charge is 0.481 e. The molecular formula is C17H21NO2S. The van der Waals surface area contributed by atoms with E-state index >= 15 is 0 Å². The van der Waals surface area contributed by atoms with Gasteiger partial charge in [-0.15, -0.1) is 11.3 Å². The van der Waals surface area contributed by atoms with Gasteiger partial charge in [0.1, 0.15) is 0 Å². The molecule has 0 radical (unpaired) electrons. The van der Waals surface area contributed by atoms with Crippen molar-refractivity contribution in [1.29, 1.82) is 0 Å². The van der Waals surface area contributed by atoms with Crippen LogP contribution in [0.15, 0.2) is 41.8 Å². The normalized spacial score (nSPS) is 12.1. The van der Waals surface area contributed by atoms with Gasteiger partial charge in [-0.25, -0.2) is 0 Å². The fraction of sp³-hybridized carbons (Fsp3) is 0.353. The number of rotatable bonds is 7. The van der Waals surface area contributed by atoms with Crippen molar-refractivity contribution in [2.45, 2.75) is 32.7 Å². The van der Waals surface area contributed by atoms with E-state index in [1.54, 1.807) is 11.3 Å². The third kappa shape index (κ3) is 4.08. The van der Waals surface area contributed by atoms with Gasteiger partial charge in [-0.1, -0.05) is 30.7 Å². The average molecular weight is 303 g/mol. The van der Waals surface area contributed by atoms with E-state index in [2.05, 4.69) is 54.5 Å². The van der Waals surface area contributed by atoms with Gasteiger partial charge in [0.05, 0.1) is 12.5 Å². The standard InChI is InChI=1S/C17H21NO2S/c1-3-15(16-5-4-12-21-16)18(11-10-17(19)20)14-8-6-13(2)7-9-14/h4-9,12,15H,3,10-11H2,1-2H3,(H,19,20). The van der Waals surface area contributed by atoms with Crippen LogP contribution in [0.1, 0.15) is 36.2 Å². The Morgan fingerprint density at radius 3 is 2.52 bits per heavy atom. The number of benzene rings is 1. The van der Waals surface area contributed by atoms with Crippen LogP contribution in [0.25, 0.3) is 0 Å². The van der Waals surface area contributed by atoms with Gasteiger partial charge in [0, 0.05) is 17.1 Å². The van der Waals surface area contributed by atoms with E-state index < -0.39 is 5.97 Å². The van der Waals surface area contributed by atoms with Gasteiger partial charge < -0.3 is 10.0 Å². The Kier molecular flexibility index (Phi) is 5.39. The lowest BCUT2D eigenvalue weighted by atomic mass is 10.1. The van der Waals surface area contributed by atoms with Gasteiger partial charge in [-0.3, -0.25) is 4.79 Å².